The van der Waals surface area contributed by atoms with Gasteiger partial charge in [0.05, 0.1) is 13.2 Å². The smallest absolute Gasteiger partial charge is 0.189 e. The minimum atomic E-state index is -0.562. The Morgan fingerprint density at radius 1 is 1.31 bits per heavy atom. The molecule has 1 spiro atoms. The Kier molecular flexibility index (Phi) is 2.76. The first-order valence-electron chi connectivity index (χ1n) is 5.63. The number of carbonyl (C=O) groups is 1. The van der Waals surface area contributed by atoms with Gasteiger partial charge in [0.1, 0.15) is 6.29 Å². The van der Waals surface area contributed by atoms with E-state index in [0.717, 1.165) is 23.9 Å². The number of rotatable bonds is 1. The zero-order valence-corrected chi connectivity index (χ0v) is 10.1. The molecule has 0 radical (unpaired) electrons. The monoisotopic (exact) mass is 222 g/mol. The Labute approximate surface area is 96.1 Å². The van der Waals surface area contributed by atoms with Gasteiger partial charge >= 0.3 is 0 Å². The van der Waals surface area contributed by atoms with Crippen molar-refractivity contribution in [2.24, 2.45) is 5.41 Å². The van der Waals surface area contributed by atoms with Crippen molar-refractivity contribution in [2.75, 3.05) is 13.2 Å². The number of hydrogen-bond acceptors (Lipinski definition) is 3. The van der Waals surface area contributed by atoms with Gasteiger partial charge in [-0.05, 0) is 35.6 Å². The van der Waals surface area contributed by atoms with Crippen LogP contribution in [0.1, 0.15) is 27.2 Å². The van der Waals surface area contributed by atoms with E-state index in [1.807, 2.05) is 13.0 Å². The van der Waals surface area contributed by atoms with Crippen molar-refractivity contribution in [2.45, 2.75) is 33.0 Å². The van der Waals surface area contributed by atoms with Crippen molar-refractivity contribution in [1.29, 1.82) is 0 Å². The SMILES string of the molecule is CC1=CC2(CC(C)(C)C1=CC=O)OCCO2. The fourth-order valence-corrected chi connectivity index (χ4v) is 2.78. The molecule has 1 aliphatic carbocycles. The first kappa shape index (κ1) is 11.6. The molecule has 1 fully saturated rings. The van der Waals surface area contributed by atoms with Crippen molar-refractivity contribution < 1.29 is 14.3 Å². The molecule has 1 aliphatic heterocycles. The quantitative estimate of drug-likeness (QED) is 0.504. The molecule has 1 heterocycles. The lowest BCUT2D eigenvalue weighted by Crippen LogP contribution is -2.39. The summed E-state index contributed by atoms with van der Waals surface area (Å²) in [6, 6.07) is 0. The van der Waals surface area contributed by atoms with Gasteiger partial charge < -0.3 is 9.47 Å². The highest BCUT2D eigenvalue weighted by Crippen LogP contribution is 2.47. The second-order valence-electron chi connectivity index (χ2n) is 5.11. The molecule has 0 unspecified atom stereocenters. The minimum absolute atomic E-state index is 0.0932. The minimum Gasteiger partial charge on any atom is -0.344 e. The molecular weight excluding hydrogens is 204 g/mol. The van der Waals surface area contributed by atoms with E-state index < -0.39 is 5.79 Å². The molecule has 0 bridgehead atoms. The molecule has 0 aromatic heterocycles. The summed E-state index contributed by atoms with van der Waals surface area (Å²) in [7, 11) is 0. The van der Waals surface area contributed by atoms with Crippen LogP contribution < -0.4 is 0 Å². The van der Waals surface area contributed by atoms with E-state index in [9.17, 15) is 4.79 Å². The van der Waals surface area contributed by atoms with Crippen LogP contribution in [0.4, 0.5) is 0 Å². The molecule has 0 atom stereocenters. The molecule has 16 heavy (non-hydrogen) atoms. The molecule has 2 aliphatic rings. The van der Waals surface area contributed by atoms with Gasteiger partial charge in [-0.1, -0.05) is 13.8 Å². The highest BCUT2D eigenvalue weighted by Gasteiger charge is 2.45. The summed E-state index contributed by atoms with van der Waals surface area (Å²) in [5, 5.41) is 0. The fourth-order valence-electron chi connectivity index (χ4n) is 2.78. The van der Waals surface area contributed by atoms with Gasteiger partial charge in [0, 0.05) is 6.42 Å². The van der Waals surface area contributed by atoms with Crippen LogP contribution in [0, 0.1) is 5.41 Å². The molecule has 3 heteroatoms. The molecule has 0 aromatic rings. The fraction of sp³-hybridized carbons (Fsp3) is 0.615. The third kappa shape index (κ3) is 1.85. The van der Waals surface area contributed by atoms with E-state index in [4.69, 9.17) is 9.47 Å². The van der Waals surface area contributed by atoms with Crippen LogP contribution in [0.2, 0.25) is 0 Å². The first-order chi connectivity index (χ1) is 7.49. The molecule has 1 saturated heterocycles. The number of carbonyl (C=O) groups excluding carboxylic acids is 1. The highest BCUT2D eigenvalue weighted by atomic mass is 16.7. The average molecular weight is 222 g/mol. The normalized spacial score (nSPS) is 29.4. The third-order valence-corrected chi connectivity index (χ3v) is 3.29. The van der Waals surface area contributed by atoms with E-state index in [0.29, 0.717) is 13.2 Å². The van der Waals surface area contributed by atoms with Crippen molar-refractivity contribution in [1.82, 2.24) is 0 Å². The molecule has 2 rings (SSSR count). The van der Waals surface area contributed by atoms with Gasteiger partial charge in [-0.15, -0.1) is 0 Å². The molecule has 88 valence electrons. The van der Waals surface area contributed by atoms with Gasteiger partial charge in [-0.3, -0.25) is 4.79 Å². The van der Waals surface area contributed by atoms with E-state index in [1.165, 1.54) is 0 Å². The lowest BCUT2D eigenvalue weighted by Gasteiger charge is -2.40. The zero-order chi connectivity index (χ0) is 11.8. The van der Waals surface area contributed by atoms with Crippen molar-refractivity contribution in [3.63, 3.8) is 0 Å². The molecule has 0 N–H and O–H groups in total. The Bertz CT molecular complexity index is 357. The van der Waals surface area contributed by atoms with Crippen LogP contribution in [0.25, 0.3) is 0 Å². The standard InChI is InChI=1S/C13H18O3/c1-10-8-13(15-6-7-16-13)9-12(2,3)11(10)4-5-14/h4-5,8H,6-7,9H2,1-3H3. The molecule has 3 nitrogen and oxygen atoms in total. The number of ether oxygens (including phenoxy) is 2. The summed E-state index contributed by atoms with van der Waals surface area (Å²) >= 11 is 0. The van der Waals surface area contributed by atoms with E-state index in [1.54, 1.807) is 6.08 Å². The number of aldehydes is 1. The summed E-state index contributed by atoms with van der Waals surface area (Å²) in [5.74, 6) is -0.562. The topological polar surface area (TPSA) is 35.5 Å². The molecule has 0 amide bonds. The molecule has 0 saturated carbocycles. The van der Waals surface area contributed by atoms with Crippen molar-refractivity contribution in [3.8, 4) is 0 Å². The van der Waals surface area contributed by atoms with E-state index in [-0.39, 0.29) is 5.41 Å². The van der Waals surface area contributed by atoms with Gasteiger partial charge in [-0.25, -0.2) is 0 Å². The van der Waals surface area contributed by atoms with Gasteiger partial charge in [-0.2, -0.15) is 0 Å². The lowest BCUT2D eigenvalue weighted by atomic mass is 9.71. The van der Waals surface area contributed by atoms with Gasteiger partial charge in [0.25, 0.3) is 0 Å². The number of hydrogen-bond donors (Lipinski definition) is 0. The van der Waals surface area contributed by atoms with Gasteiger partial charge in [0.15, 0.2) is 5.79 Å². The summed E-state index contributed by atoms with van der Waals surface area (Å²) in [4.78, 5) is 10.7. The summed E-state index contributed by atoms with van der Waals surface area (Å²) in [6.45, 7) is 7.53. The maximum atomic E-state index is 10.7. The third-order valence-electron chi connectivity index (χ3n) is 3.29. The maximum Gasteiger partial charge on any atom is 0.189 e. The van der Waals surface area contributed by atoms with Crippen molar-refractivity contribution >= 4 is 6.29 Å². The highest BCUT2D eigenvalue weighted by molar-refractivity contribution is 5.69. The van der Waals surface area contributed by atoms with Crippen LogP contribution in [0.5, 0.6) is 0 Å². The van der Waals surface area contributed by atoms with Crippen LogP contribution in [-0.4, -0.2) is 25.3 Å². The average Bonchev–Trinajstić information content (AvgIpc) is 2.59. The van der Waals surface area contributed by atoms with Crippen LogP contribution in [-0.2, 0) is 14.3 Å². The zero-order valence-electron chi connectivity index (χ0n) is 10.1. The van der Waals surface area contributed by atoms with E-state index >= 15 is 0 Å². The van der Waals surface area contributed by atoms with Crippen LogP contribution >= 0.6 is 0 Å². The van der Waals surface area contributed by atoms with Gasteiger partial charge in [0.2, 0.25) is 0 Å². The van der Waals surface area contributed by atoms with Crippen LogP contribution in [0.15, 0.2) is 23.3 Å². The predicted octanol–water partition coefficient (Wildman–Crippen LogP) is 2.23. The molecular formula is C13H18O3. The first-order valence-corrected chi connectivity index (χ1v) is 5.63. The van der Waals surface area contributed by atoms with Crippen LogP contribution in [0.3, 0.4) is 0 Å². The Hall–Kier alpha value is -0.930. The number of allylic oxidation sites excluding steroid dienone is 3. The maximum absolute atomic E-state index is 10.7. The summed E-state index contributed by atoms with van der Waals surface area (Å²) in [6.07, 6.45) is 5.26. The van der Waals surface area contributed by atoms with E-state index in [2.05, 4.69) is 13.8 Å². The summed E-state index contributed by atoms with van der Waals surface area (Å²) < 4.78 is 11.4. The van der Waals surface area contributed by atoms with Crippen molar-refractivity contribution in [3.05, 3.63) is 23.3 Å². The Morgan fingerprint density at radius 3 is 2.44 bits per heavy atom. The second kappa shape index (κ2) is 3.82. The second-order valence-corrected chi connectivity index (χ2v) is 5.11. The largest absolute Gasteiger partial charge is 0.344 e. The Balaban J connectivity index is 2.41. The Morgan fingerprint density at radius 2 is 1.94 bits per heavy atom. The predicted molar refractivity (Wildman–Crippen MR) is 60.9 cm³/mol. The molecule has 0 aromatic carbocycles. The lowest BCUT2D eigenvalue weighted by molar-refractivity contribution is -0.139. The summed E-state index contributed by atoms with van der Waals surface area (Å²) in [5.41, 5.74) is 2.06.